The number of ether oxygens (including phenoxy) is 1. The molecule has 0 radical (unpaired) electrons. The summed E-state index contributed by atoms with van der Waals surface area (Å²) in [7, 11) is 1.68. The topological polar surface area (TPSA) is 29.5 Å². The number of hydrogen-bond donors (Lipinski definition) is 0. The Bertz CT molecular complexity index is 378. The molecule has 1 aromatic carbocycles. The van der Waals surface area contributed by atoms with Crippen LogP contribution in [-0.4, -0.2) is 31.4 Å². The third-order valence-electron chi connectivity index (χ3n) is 3.27. The van der Waals surface area contributed by atoms with Gasteiger partial charge in [0, 0.05) is 19.0 Å². The molecule has 1 aliphatic heterocycles. The zero-order chi connectivity index (χ0) is 12.1. The summed E-state index contributed by atoms with van der Waals surface area (Å²) in [6.07, 6.45) is 3.25. The van der Waals surface area contributed by atoms with E-state index in [1.807, 2.05) is 12.1 Å². The second-order valence-electron chi connectivity index (χ2n) is 4.63. The molecule has 0 saturated carbocycles. The minimum Gasteiger partial charge on any atom is -0.497 e. The number of benzene rings is 1. The average Bonchev–Trinajstić information content (AvgIpc) is 2.39. The van der Waals surface area contributed by atoms with Crippen LogP contribution in [0.15, 0.2) is 24.3 Å². The molecular formula is C14H19NO2. The van der Waals surface area contributed by atoms with Crippen LogP contribution in [0.2, 0.25) is 0 Å². The van der Waals surface area contributed by atoms with E-state index in [0.29, 0.717) is 0 Å². The Morgan fingerprint density at radius 2 is 2.41 bits per heavy atom. The minimum atomic E-state index is 0.217. The SMILES string of the molecule is COc1cccc(CN2CCCC(C=O)C2)c1. The molecule has 17 heavy (non-hydrogen) atoms. The van der Waals surface area contributed by atoms with Crippen LogP contribution < -0.4 is 4.74 Å². The Hall–Kier alpha value is -1.35. The molecule has 92 valence electrons. The molecule has 0 spiro atoms. The standard InChI is InChI=1S/C14H19NO2/c1-17-14-6-2-4-12(8-14)9-15-7-3-5-13(10-15)11-16/h2,4,6,8,11,13H,3,5,7,9-10H2,1H3. The van der Waals surface area contributed by atoms with Gasteiger partial charge in [0.05, 0.1) is 7.11 Å². The molecule has 0 bridgehead atoms. The highest BCUT2D eigenvalue weighted by Crippen LogP contribution is 2.19. The summed E-state index contributed by atoms with van der Waals surface area (Å²) in [6, 6.07) is 8.13. The van der Waals surface area contributed by atoms with Gasteiger partial charge in [-0.15, -0.1) is 0 Å². The molecular weight excluding hydrogens is 214 g/mol. The van der Waals surface area contributed by atoms with Gasteiger partial charge in [-0.2, -0.15) is 0 Å². The van der Waals surface area contributed by atoms with E-state index in [0.717, 1.165) is 44.5 Å². The minimum absolute atomic E-state index is 0.217. The van der Waals surface area contributed by atoms with Crippen LogP contribution >= 0.6 is 0 Å². The highest BCUT2D eigenvalue weighted by Gasteiger charge is 2.19. The Balaban J connectivity index is 1.97. The maximum absolute atomic E-state index is 10.8. The van der Waals surface area contributed by atoms with E-state index in [9.17, 15) is 4.79 Å². The van der Waals surface area contributed by atoms with Gasteiger partial charge in [-0.1, -0.05) is 12.1 Å². The van der Waals surface area contributed by atoms with Crippen molar-refractivity contribution in [3.05, 3.63) is 29.8 Å². The van der Waals surface area contributed by atoms with E-state index < -0.39 is 0 Å². The van der Waals surface area contributed by atoms with Gasteiger partial charge in [0.25, 0.3) is 0 Å². The number of methoxy groups -OCH3 is 1. The lowest BCUT2D eigenvalue weighted by molar-refractivity contribution is -0.112. The molecule has 0 aromatic heterocycles. The molecule has 0 N–H and O–H groups in total. The molecule has 3 nitrogen and oxygen atoms in total. The molecule has 3 heteroatoms. The number of nitrogens with zero attached hydrogens (tertiary/aromatic N) is 1. The maximum atomic E-state index is 10.8. The van der Waals surface area contributed by atoms with E-state index in [-0.39, 0.29) is 5.92 Å². The lowest BCUT2D eigenvalue weighted by atomic mass is 9.99. The fourth-order valence-corrected chi connectivity index (χ4v) is 2.37. The van der Waals surface area contributed by atoms with Crippen LogP contribution in [0, 0.1) is 5.92 Å². The van der Waals surface area contributed by atoms with Gasteiger partial charge in [0.1, 0.15) is 12.0 Å². The fourth-order valence-electron chi connectivity index (χ4n) is 2.37. The largest absolute Gasteiger partial charge is 0.497 e. The van der Waals surface area contributed by atoms with E-state index in [4.69, 9.17) is 4.74 Å². The van der Waals surface area contributed by atoms with Gasteiger partial charge in [0.2, 0.25) is 0 Å². The molecule has 1 atom stereocenters. The zero-order valence-corrected chi connectivity index (χ0v) is 10.3. The molecule has 1 heterocycles. The third kappa shape index (κ3) is 3.30. The normalized spacial score (nSPS) is 21.1. The van der Waals surface area contributed by atoms with Crippen molar-refractivity contribution in [1.82, 2.24) is 4.90 Å². The van der Waals surface area contributed by atoms with Crippen molar-refractivity contribution in [3.63, 3.8) is 0 Å². The first-order valence-electron chi connectivity index (χ1n) is 6.12. The average molecular weight is 233 g/mol. The highest BCUT2D eigenvalue weighted by molar-refractivity contribution is 5.53. The number of piperidine rings is 1. The number of rotatable bonds is 4. The van der Waals surface area contributed by atoms with Crippen LogP contribution in [-0.2, 0) is 11.3 Å². The highest BCUT2D eigenvalue weighted by atomic mass is 16.5. The molecule has 0 aliphatic carbocycles. The molecule has 0 amide bonds. The van der Waals surface area contributed by atoms with E-state index >= 15 is 0 Å². The first-order chi connectivity index (χ1) is 8.31. The zero-order valence-electron chi connectivity index (χ0n) is 10.3. The van der Waals surface area contributed by atoms with Crippen LogP contribution in [0.3, 0.4) is 0 Å². The second-order valence-corrected chi connectivity index (χ2v) is 4.63. The fraction of sp³-hybridized carbons (Fsp3) is 0.500. The molecule has 1 fully saturated rings. The van der Waals surface area contributed by atoms with Crippen molar-refractivity contribution >= 4 is 6.29 Å². The van der Waals surface area contributed by atoms with Gasteiger partial charge in [-0.05, 0) is 37.1 Å². The number of carbonyl (C=O) groups excluding carboxylic acids is 1. The van der Waals surface area contributed by atoms with E-state index in [2.05, 4.69) is 17.0 Å². The van der Waals surface area contributed by atoms with Crippen molar-refractivity contribution in [2.75, 3.05) is 20.2 Å². The Morgan fingerprint density at radius 1 is 1.53 bits per heavy atom. The summed E-state index contributed by atoms with van der Waals surface area (Å²) in [4.78, 5) is 13.2. The van der Waals surface area contributed by atoms with E-state index in [1.165, 1.54) is 5.56 Å². The van der Waals surface area contributed by atoms with Crippen molar-refractivity contribution in [2.45, 2.75) is 19.4 Å². The maximum Gasteiger partial charge on any atom is 0.124 e. The number of likely N-dealkylation sites (tertiary alicyclic amines) is 1. The first-order valence-corrected chi connectivity index (χ1v) is 6.12. The lowest BCUT2D eigenvalue weighted by Gasteiger charge is -2.30. The van der Waals surface area contributed by atoms with Gasteiger partial charge < -0.3 is 9.53 Å². The first kappa shape index (κ1) is 12.1. The van der Waals surface area contributed by atoms with Gasteiger partial charge in [-0.25, -0.2) is 0 Å². The van der Waals surface area contributed by atoms with Crippen LogP contribution in [0.25, 0.3) is 0 Å². The van der Waals surface area contributed by atoms with Crippen molar-refractivity contribution in [2.24, 2.45) is 5.92 Å². The van der Waals surface area contributed by atoms with E-state index in [1.54, 1.807) is 7.11 Å². The quantitative estimate of drug-likeness (QED) is 0.746. The Kier molecular flexibility index (Phi) is 4.15. The van der Waals surface area contributed by atoms with Crippen LogP contribution in [0.5, 0.6) is 5.75 Å². The Labute approximate surface area is 102 Å². The second kappa shape index (κ2) is 5.82. The van der Waals surface area contributed by atoms with Gasteiger partial charge in [0.15, 0.2) is 0 Å². The van der Waals surface area contributed by atoms with Crippen molar-refractivity contribution in [3.8, 4) is 5.75 Å². The van der Waals surface area contributed by atoms with Crippen LogP contribution in [0.1, 0.15) is 18.4 Å². The van der Waals surface area contributed by atoms with Crippen molar-refractivity contribution < 1.29 is 9.53 Å². The molecule has 2 rings (SSSR count). The third-order valence-corrected chi connectivity index (χ3v) is 3.27. The summed E-state index contributed by atoms with van der Waals surface area (Å²) < 4.78 is 5.21. The molecule has 1 aromatic rings. The van der Waals surface area contributed by atoms with Gasteiger partial charge >= 0.3 is 0 Å². The monoisotopic (exact) mass is 233 g/mol. The van der Waals surface area contributed by atoms with Crippen molar-refractivity contribution in [1.29, 1.82) is 0 Å². The Morgan fingerprint density at radius 3 is 3.18 bits per heavy atom. The predicted octanol–water partition coefficient (Wildman–Crippen LogP) is 2.11. The van der Waals surface area contributed by atoms with Crippen LogP contribution in [0.4, 0.5) is 0 Å². The summed E-state index contributed by atoms with van der Waals surface area (Å²) in [5.74, 6) is 1.11. The molecule has 1 aliphatic rings. The number of hydrogen-bond acceptors (Lipinski definition) is 3. The number of aldehydes is 1. The lowest BCUT2D eigenvalue weighted by Crippen LogP contribution is -2.35. The summed E-state index contributed by atoms with van der Waals surface area (Å²) >= 11 is 0. The summed E-state index contributed by atoms with van der Waals surface area (Å²) in [5.41, 5.74) is 1.25. The molecule has 1 saturated heterocycles. The molecule has 1 unspecified atom stereocenters. The van der Waals surface area contributed by atoms with Gasteiger partial charge in [-0.3, -0.25) is 4.90 Å². The smallest absolute Gasteiger partial charge is 0.124 e. The predicted molar refractivity (Wildman–Crippen MR) is 67.1 cm³/mol. The summed E-state index contributed by atoms with van der Waals surface area (Å²) in [5, 5.41) is 0. The number of carbonyl (C=O) groups is 1. The summed E-state index contributed by atoms with van der Waals surface area (Å²) in [6.45, 7) is 2.88.